The lowest BCUT2D eigenvalue weighted by Gasteiger charge is -2.37. The summed E-state index contributed by atoms with van der Waals surface area (Å²) in [5.74, 6) is 0.753. The number of nitrogens with zero attached hydrogens (tertiary/aromatic N) is 2. The predicted molar refractivity (Wildman–Crippen MR) is 81.4 cm³/mol. The molecule has 0 aromatic carbocycles. The van der Waals surface area contributed by atoms with E-state index in [0.29, 0.717) is 11.2 Å². The van der Waals surface area contributed by atoms with E-state index in [0.717, 1.165) is 51.9 Å². The van der Waals surface area contributed by atoms with E-state index in [4.69, 9.17) is 0 Å². The fourth-order valence-electron chi connectivity index (χ4n) is 2.98. The predicted octanol–water partition coefficient (Wildman–Crippen LogP) is 2.66. The monoisotopic (exact) mass is 268 g/mol. The lowest BCUT2D eigenvalue weighted by atomic mass is 9.71. The Kier molecular flexibility index (Phi) is 6.48. The van der Waals surface area contributed by atoms with Crippen LogP contribution in [-0.4, -0.2) is 55.9 Å². The molecule has 1 aliphatic carbocycles. The first kappa shape index (κ1) is 16.6. The summed E-state index contributed by atoms with van der Waals surface area (Å²) < 4.78 is 0. The second kappa shape index (κ2) is 7.39. The van der Waals surface area contributed by atoms with Crippen LogP contribution in [-0.2, 0) is 4.79 Å². The largest absolute Gasteiger partial charge is 0.308 e. The minimum Gasteiger partial charge on any atom is -0.308 e. The maximum absolute atomic E-state index is 12.1. The topological polar surface area (TPSA) is 23.6 Å². The second-order valence-electron chi connectivity index (χ2n) is 7.14. The third-order valence-corrected chi connectivity index (χ3v) is 4.18. The molecule has 0 N–H and O–H groups in total. The van der Waals surface area contributed by atoms with Crippen molar-refractivity contribution in [3.63, 3.8) is 0 Å². The van der Waals surface area contributed by atoms with Crippen molar-refractivity contribution in [1.29, 1.82) is 0 Å². The number of hydrogen-bond donors (Lipinski definition) is 0. The van der Waals surface area contributed by atoms with Gasteiger partial charge in [0.15, 0.2) is 0 Å². The van der Waals surface area contributed by atoms with Crippen LogP contribution in [0.25, 0.3) is 0 Å². The van der Waals surface area contributed by atoms with Crippen molar-refractivity contribution < 1.29 is 4.79 Å². The van der Waals surface area contributed by atoms with Gasteiger partial charge in [-0.25, -0.2) is 0 Å². The molecule has 0 bridgehead atoms. The Morgan fingerprint density at radius 3 is 2.47 bits per heavy atom. The second-order valence-corrected chi connectivity index (χ2v) is 7.14. The molecule has 19 heavy (non-hydrogen) atoms. The summed E-state index contributed by atoms with van der Waals surface area (Å²) in [5, 5.41) is 0. The number of rotatable bonds is 7. The molecule has 0 aliphatic heterocycles. The third-order valence-electron chi connectivity index (χ3n) is 4.18. The molecule has 0 radical (unpaired) electrons. The summed E-state index contributed by atoms with van der Waals surface area (Å²) >= 11 is 0. The van der Waals surface area contributed by atoms with E-state index < -0.39 is 0 Å². The zero-order valence-electron chi connectivity index (χ0n) is 13.5. The van der Waals surface area contributed by atoms with E-state index >= 15 is 0 Å². The zero-order valence-corrected chi connectivity index (χ0v) is 13.5. The Labute approximate surface area is 119 Å². The molecule has 0 aromatic heterocycles. The van der Waals surface area contributed by atoms with Gasteiger partial charge in [0.25, 0.3) is 0 Å². The summed E-state index contributed by atoms with van der Waals surface area (Å²) in [6.45, 7) is 11.0. The normalized spacial score (nSPS) is 23.3. The van der Waals surface area contributed by atoms with E-state index in [2.05, 4.69) is 44.7 Å². The first-order chi connectivity index (χ1) is 8.84. The highest BCUT2D eigenvalue weighted by molar-refractivity contribution is 5.82. The minimum atomic E-state index is 0.262. The molecule has 1 aliphatic rings. The number of Topliss-reactive ketones (excluding diaryl/α,β-unsaturated/α-hetero) is 1. The van der Waals surface area contributed by atoms with Crippen LogP contribution in [0.2, 0.25) is 0 Å². The van der Waals surface area contributed by atoms with Crippen molar-refractivity contribution in [2.75, 3.05) is 40.3 Å². The Hall–Kier alpha value is -0.410. The highest BCUT2D eigenvalue weighted by Gasteiger charge is 2.34. The molecule has 0 amide bonds. The molecular weight excluding hydrogens is 236 g/mol. The summed E-state index contributed by atoms with van der Waals surface area (Å²) in [7, 11) is 4.22. The molecule has 1 atom stereocenters. The molecule has 3 heteroatoms. The lowest BCUT2D eigenvalue weighted by molar-refractivity contribution is -0.127. The van der Waals surface area contributed by atoms with Crippen LogP contribution in [0.5, 0.6) is 0 Å². The molecular formula is C16H32N2O. The van der Waals surface area contributed by atoms with Gasteiger partial charge in [-0.2, -0.15) is 0 Å². The van der Waals surface area contributed by atoms with Crippen LogP contribution in [0.1, 0.15) is 46.5 Å². The molecule has 112 valence electrons. The third kappa shape index (κ3) is 6.05. The smallest absolute Gasteiger partial charge is 0.137 e. The quantitative estimate of drug-likeness (QED) is 0.709. The van der Waals surface area contributed by atoms with Crippen molar-refractivity contribution in [2.24, 2.45) is 11.3 Å². The number of likely N-dealkylation sites (N-methyl/N-ethyl adjacent to an activating group) is 1. The standard InChI is InChI=1S/C16H32N2O/c1-6-9-18(11-10-17(4)5)13-14-12-16(2,3)8-7-15(14)19/h14H,6-13H2,1-5H3. The Morgan fingerprint density at radius 2 is 1.89 bits per heavy atom. The SMILES string of the molecule is CCCN(CCN(C)C)CC1CC(C)(C)CCC1=O. The molecule has 0 spiro atoms. The van der Waals surface area contributed by atoms with E-state index in [1.807, 2.05) is 0 Å². The Bertz CT molecular complexity index is 286. The molecule has 1 rings (SSSR count). The molecule has 1 saturated carbocycles. The van der Waals surface area contributed by atoms with Gasteiger partial charge in [-0.05, 0) is 45.3 Å². The van der Waals surface area contributed by atoms with Crippen LogP contribution < -0.4 is 0 Å². The van der Waals surface area contributed by atoms with Crippen molar-refractivity contribution in [1.82, 2.24) is 9.80 Å². The van der Waals surface area contributed by atoms with Crippen molar-refractivity contribution in [2.45, 2.75) is 46.5 Å². The average Bonchev–Trinajstić information content (AvgIpc) is 2.31. The Morgan fingerprint density at radius 1 is 1.21 bits per heavy atom. The van der Waals surface area contributed by atoms with Crippen LogP contribution in [0.3, 0.4) is 0 Å². The lowest BCUT2D eigenvalue weighted by Crippen LogP contribution is -2.41. The van der Waals surface area contributed by atoms with Gasteiger partial charge in [0.05, 0.1) is 0 Å². The van der Waals surface area contributed by atoms with E-state index in [1.165, 1.54) is 0 Å². The maximum Gasteiger partial charge on any atom is 0.137 e. The number of hydrogen-bond acceptors (Lipinski definition) is 3. The van der Waals surface area contributed by atoms with E-state index in [1.54, 1.807) is 0 Å². The molecule has 0 heterocycles. The fraction of sp³-hybridized carbons (Fsp3) is 0.938. The van der Waals surface area contributed by atoms with Crippen LogP contribution in [0.4, 0.5) is 0 Å². The minimum absolute atomic E-state index is 0.262. The van der Waals surface area contributed by atoms with E-state index in [-0.39, 0.29) is 5.92 Å². The van der Waals surface area contributed by atoms with Gasteiger partial charge < -0.3 is 9.80 Å². The molecule has 0 saturated heterocycles. The maximum atomic E-state index is 12.1. The van der Waals surface area contributed by atoms with Crippen molar-refractivity contribution in [3.8, 4) is 0 Å². The Balaban J connectivity index is 2.53. The number of carbonyl (C=O) groups is 1. The first-order valence-corrected chi connectivity index (χ1v) is 7.74. The van der Waals surface area contributed by atoms with Crippen LogP contribution in [0, 0.1) is 11.3 Å². The van der Waals surface area contributed by atoms with Crippen LogP contribution >= 0.6 is 0 Å². The first-order valence-electron chi connectivity index (χ1n) is 7.74. The molecule has 3 nitrogen and oxygen atoms in total. The summed E-state index contributed by atoms with van der Waals surface area (Å²) in [6, 6.07) is 0. The van der Waals surface area contributed by atoms with Gasteiger partial charge in [0.2, 0.25) is 0 Å². The van der Waals surface area contributed by atoms with Crippen molar-refractivity contribution in [3.05, 3.63) is 0 Å². The van der Waals surface area contributed by atoms with Gasteiger partial charge in [-0.3, -0.25) is 4.79 Å². The molecule has 1 unspecified atom stereocenters. The average molecular weight is 268 g/mol. The van der Waals surface area contributed by atoms with Gasteiger partial charge in [-0.15, -0.1) is 0 Å². The molecule has 1 fully saturated rings. The fourth-order valence-corrected chi connectivity index (χ4v) is 2.98. The molecule has 0 aromatic rings. The van der Waals surface area contributed by atoms with E-state index in [9.17, 15) is 4.79 Å². The summed E-state index contributed by atoms with van der Waals surface area (Å²) in [5.41, 5.74) is 0.345. The highest BCUT2D eigenvalue weighted by atomic mass is 16.1. The van der Waals surface area contributed by atoms with Gasteiger partial charge in [0, 0.05) is 32.0 Å². The van der Waals surface area contributed by atoms with Gasteiger partial charge in [0.1, 0.15) is 5.78 Å². The van der Waals surface area contributed by atoms with Crippen molar-refractivity contribution >= 4 is 5.78 Å². The van der Waals surface area contributed by atoms with Crippen LogP contribution in [0.15, 0.2) is 0 Å². The summed E-state index contributed by atoms with van der Waals surface area (Å²) in [4.78, 5) is 16.8. The van der Waals surface area contributed by atoms with Gasteiger partial charge >= 0.3 is 0 Å². The highest BCUT2D eigenvalue weighted by Crippen LogP contribution is 2.37. The van der Waals surface area contributed by atoms with Gasteiger partial charge in [-0.1, -0.05) is 20.8 Å². The number of ketones is 1. The summed E-state index contributed by atoms with van der Waals surface area (Å²) in [6.07, 6.45) is 4.07. The number of carbonyl (C=O) groups excluding carboxylic acids is 1. The zero-order chi connectivity index (χ0) is 14.5.